The first-order valence-corrected chi connectivity index (χ1v) is 13.9. The van der Waals surface area contributed by atoms with Gasteiger partial charge in [0.05, 0.1) is 6.42 Å². The molecule has 3 N–H and O–H groups in total. The summed E-state index contributed by atoms with van der Waals surface area (Å²) in [5.74, 6) is -1.66. The van der Waals surface area contributed by atoms with Gasteiger partial charge in [0.25, 0.3) is 0 Å². The maximum atomic E-state index is 12.7. The highest BCUT2D eigenvalue weighted by molar-refractivity contribution is 5.88. The number of unbranched alkanes of at least 4 members (excludes halogenated alkanes) is 13. The van der Waals surface area contributed by atoms with Crippen LogP contribution in [0.25, 0.3) is 0 Å². The lowest BCUT2D eigenvalue weighted by molar-refractivity contribution is -0.139. The predicted molar refractivity (Wildman–Crippen MR) is 142 cm³/mol. The largest absolute Gasteiger partial charge is 0.481 e. The quantitative estimate of drug-likeness (QED) is 0.170. The molecule has 1 rings (SSSR count). The van der Waals surface area contributed by atoms with Gasteiger partial charge in [-0.15, -0.1) is 0 Å². The van der Waals surface area contributed by atoms with Gasteiger partial charge in [-0.05, 0) is 12.0 Å². The van der Waals surface area contributed by atoms with Crippen molar-refractivity contribution in [3.63, 3.8) is 0 Å². The van der Waals surface area contributed by atoms with Crippen molar-refractivity contribution in [1.82, 2.24) is 10.6 Å². The molecule has 0 aliphatic heterocycles. The summed E-state index contributed by atoms with van der Waals surface area (Å²) in [7, 11) is 0. The zero-order valence-corrected chi connectivity index (χ0v) is 21.9. The Bertz CT molecular complexity index is 693. The first-order valence-electron chi connectivity index (χ1n) is 13.9. The highest BCUT2D eigenvalue weighted by atomic mass is 16.4. The molecule has 0 bridgehead atoms. The second-order valence-electron chi connectivity index (χ2n) is 9.59. The van der Waals surface area contributed by atoms with Gasteiger partial charge in [0.1, 0.15) is 6.04 Å². The van der Waals surface area contributed by atoms with E-state index in [1.165, 1.54) is 77.0 Å². The third kappa shape index (κ3) is 17.7. The summed E-state index contributed by atoms with van der Waals surface area (Å²) < 4.78 is 0. The highest BCUT2D eigenvalue weighted by Crippen LogP contribution is 2.13. The fraction of sp³-hybridized carbons (Fsp3) is 0.690. The van der Waals surface area contributed by atoms with Crippen LogP contribution in [-0.2, 0) is 20.8 Å². The summed E-state index contributed by atoms with van der Waals surface area (Å²) in [4.78, 5) is 35.5. The molecule has 0 saturated heterocycles. The summed E-state index contributed by atoms with van der Waals surface area (Å²) in [6.45, 7) is 2.85. The summed E-state index contributed by atoms with van der Waals surface area (Å²) in [5, 5.41) is 14.4. The molecule has 6 nitrogen and oxygen atoms in total. The molecule has 0 aromatic heterocycles. The molecule has 1 aromatic rings. The lowest BCUT2D eigenvalue weighted by Crippen LogP contribution is -2.48. The van der Waals surface area contributed by atoms with Crippen LogP contribution in [0.4, 0.5) is 0 Å². The fourth-order valence-corrected chi connectivity index (χ4v) is 4.20. The number of carbonyl (C=O) groups is 3. The minimum absolute atomic E-state index is 0.132. The Hall–Kier alpha value is -2.37. The third-order valence-corrected chi connectivity index (χ3v) is 6.33. The molecule has 2 amide bonds. The van der Waals surface area contributed by atoms with Crippen molar-refractivity contribution in [1.29, 1.82) is 0 Å². The van der Waals surface area contributed by atoms with E-state index in [9.17, 15) is 14.4 Å². The highest BCUT2D eigenvalue weighted by Gasteiger charge is 2.21. The topological polar surface area (TPSA) is 95.5 Å². The molecule has 0 unspecified atom stereocenters. The number of amides is 2. The SMILES string of the molecule is CCCCCCCCCCCCCCCCNC(=O)[C@@H](Cc1ccccc1)NC(=O)CCC(=O)O. The Morgan fingerprint density at radius 1 is 0.743 bits per heavy atom. The Balaban J connectivity index is 2.16. The van der Waals surface area contributed by atoms with Crippen molar-refractivity contribution in [3.05, 3.63) is 35.9 Å². The van der Waals surface area contributed by atoms with Gasteiger partial charge in [0.15, 0.2) is 0 Å². The van der Waals surface area contributed by atoms with E-state index in [1.54, 1.807) is 0 Å². The van der Waals surface area contributed by atoms with Crippen molar-refractivity contribution in [2.24, 2.45) is 0 Å². The number of benzene rings is 1. The van der Waals surface area contributed by atoms with Crippen LogP contribution >= 0.6 is 0 Å². The van der Waals surface area contributed by atoms with Crippen molar-refractivity contribution >= 4 is 17.8 Å². The van der Waals surface area contributed by atoms with Crippen LogP contribution in [-0.4, -0.2) is 35.5 Å². The van der Waals surface area contributed by atoms with E-state index in [-0.39, 0.29) is 18.7 Å². The van der Waals surface area contributed by atoms with Crippen molar-refractivity contribution in [2.45, 2.75) is 122 Å². The number of nitrogens with one attached hydrogen (secondary N) is 2. The predicted octanol–water partition coefficient (Wildman–Crippen LogP) is 6.18. The molecule has 1 atom stereocenters. The average molecular weight is 489 g/mol. The normalized spacial score (nSPS) is 11.7. The number of rotatable bonds is 22. The molecule has 0 heterocycles. The van der Waals surface area contributed by atoms with E-state index in [0.717, 1.165) is 18.4 Å². The maximum absolute atomic E-state index is 12.7. The van der Waals surface area contributed by atoms with Crippen LogP contribution in [0.15, 0.2) is 30.3 Å². The summed E-state index contributed by atoms with van der Waals surface area (Å²) in [6, 6.07) is 8.82. The van der Waals surface area contributed by atoms with E-state index >= 15 is 0 Å². The number of carbonyl (C=O) groups excluding carboxylic acids is 2. The van der Waals surface area contributed by atoms with Crippen molar-refractivity contribution < 1.29 is 19.5 Å². The number of carboxylic acids is 1. The molecule has 35 heavy (non-hydrogen) atoms. The van der Waals surface area contributed by atoms with Gasteiger partial charge < -0.3 is 15.7 Å². The zero-order valence-electron chi connectivity index (χ0n) is 21.9. The van der Waals surface area contributed by atoms with E-state index in [1.807, 2.05) is 30.3 Å². The zero-order chi connectivity index (χ0) is 25.6. The number of carboxylic acid groups (broad SMARTS) is 1. The van der Waals surface area contributed by atoms with Crippen LogP contribution in [0.3, 0.4) is 0 Å². The van der Waals surface area contributed by atoms with E-state index in [4.69, 9.17) is 5.11 Å². The van der Waals surface area contributed by atoms with E-state index < -0.39 is 17.9 Å². The lowest BCUT2D eigenvalue weighted by atomic mass is 10.0. The summed E-state index contributed by atoms with van der Waals surface area (Å²) in [6.07, 6.45) is 18.1. The minimum Gasteiger partial charge on any atom is -0.481 e. The molecular formula is C29H48N2O4. The summed E-state index contributed by atoms with van der Waals surface area (Å²) >= 11 is 0. The molecule has 1 aromatic carbocycles. The third-order valence-electron chi connectivity index (χ3n) is 6.33. The molecule has 0 saturated carbocycles. The van der Waals surface area contributed by atoms with Gasteiger partial charge in [-0.25, -0.2) is 0 Å². The van der Waals surface area contributed by atoms with Crippen molar-refractivity contribution in [2.75, 3.05) is 6.54 Å². The van der Waals surface area contributed by atoms with Gasteiger partial charge in [0, 0.05) is 19.4 Å². The Kier molecular flexibility index (Phi) is 18.4. The molecule has 6 heteroatoms. The number of aliphatic carboxylic acids is 1. The second kappa shape index (κ2) is 21.0. The van der Waals surface area contributed by atoms with Crippen LogP contribution in [0.2, 0.25) is 0 Å². The monoisotopic (exact) mass is 488 g/mol. The smallest absolute Gasteiger partial charge is 0.303 e. The van der Waals surface area contributed by atoms with E-state index in [2.05, 4.69) is 17.6 Å². The van der Waals surface area contributed by atoms with Gasteiger partial charge in [-0.1, -0.05) is 121 Å². The minimum atomic E-state index is -1.03. The number of hydrogen-bond acceptors (Lipinski definition) is 3. The fourth-order valence-electron chi connectivity index (χ4n) is 4.20. The van der Waals surface area contributed by atoms with Crippen LogP contribution in [0.5, 0.6) is 0 Å². The average Bonchev–Trinajstić information content (AvgIpc) is 2.85. The summed E-state index contributed by atoms with van der Waals surface area (Å²) in [5.41, 5.74) is 0.947. The van der Waals surface area contributed by atoms with Crippen LogP contribution in [0.1, 0.15) is 115 Å². The molecule has 0 aliphatic carbocycles. The molecule has 0 fully saturated rings. The first-order chi connectivity index (χ1) is 17.0. The molecular weight excluding hydrogens is 440 g/mol. The maximum Gasteiger partial charge on any atom is 0.303 e. The lowest BCUT2D eigenvalue weighted by Gasteiger charge is -2.18. The van der Waals surface area contributed by atoms with Crippen molar-refractivity contribution in [3.8, 4) is 0 Å². The van der Waals surface area contributed by atoms with Crippen LogP contribution < -0.4 is 10.6 Å². The number of hydrogen-bond donors (Lipinski definition) is 3. The standard InChI is InChI=1S/C29H48N2O4/c1-2-3-4-5-6-7-8-9-10-11-12-13-14-18-23-30-29(35)26(24-25-19-16-15-17-20-25)31-27(32)21-22-28(33)34/h15-17,19-20,26H,2-14,18,21-24H2,1H3,(H,30,35)(H,31,32)(H,33,34)/t26-/m1/s1. The molecule has 0 aliphatic rings. The Morgan fingerprint density at radius 3 is 1.77 bits per heavy atom. The molecule has 0 spiro atoms. The van der Waals surface area contributed by atoms with Crippen LogP contribution in [0, 0.1) is 0 Å². The molecule has 198 valence electrons. The van der Waals surface area contributed by atoms with Gasteiger partial charge >= 0.3 is 5.97 Å². The second-order valence-corrected chi connectivity index (χ2v) is 9.59. The molecule has 0 radical (unpaired) electrons. The van der Waals surface area contributed by atoms with E-state index in [0.29, 0.717) is 13.0 Å². The van der Waals surface area contributed by atoms with Gasteiger partial charge in [0.2, 0.25) is 11.8 Å². The van der Waals surface area contributed by atoms with Gasteiger partial charge in [-0.3, -0.25) is 14.4 Å². The first kappa shape index (κ1) is 30.7. The Morgan fingerprint density at radius 2 is 1.26 bits per heavy atom. The van der Waals surface area contributed by atoms with Gasteiger partial charge in [-0.2, -0.15) is 0 Å². The Labute approximate surface area is 212 Å².